The molecule has 1 aliphatic heterocycles. The fourth-order valence-corrected chi connectivity index (χ4v) is 2.15. The molecule has 0 spiro atoms. The molecule has 0 aromatic heterocycles. The van der Waals surface area contributed by atoms with Crippen molar-refractivity contribution in [2.75, 3.05) is 6.54 Å². The molecule has 0 aromatic carbocycles. The van der Waals surface area contributed by atoms with Crippen molar-refractivity contribution in [3.8, 4) is 0 Å². The number of hydrogen-bond acceptors (Lipinski definition) is 5. The predicted octanol–water partition coefficient (Wildman–Crippen LogP) is 0.121. The number of carbonyl (C=O) groups is 3. The van der Waals surface area contributed by atoms with E-state index < -0.39 is 35.5 Å². The summed E-state index contributed by atoms with van der Waals surface area (Å²) in [7, 11) is 0. The summed E-state index contributed by atoms with van der Waals surface area (Å²) in [5, 5.41) is 9.02. The Bertz CT molecular complexity index is 402. The van der Waals surface area contributed by atoms with Crippen LogP contribution in [0.3, 0.4) is 0 Å². The average molecular weight is 286 g/mol. The van der Waals surface area contributed by atoms with E-state index in [1.807, 2.05) is 0 Å². The molecule has 0 bridgehead atoms. The fourth-order valence-electron chi connectivity index (χ4n) is 2.15. The Hall–Kier alpha value is -1.63. The Morgan fingerprint density at radius 3 is 2.50 bits per heavy atom. The Labute approximate surface area is 118 Å². The normalized spacial score (nSPS) is 20.6. The van der Waals surface area contributed by atoms with Gasteiger partial charge in [-0.15, -0.1) is 0 Å². The van der Waals surface area contributed by atoms with Crippen LogP contribution in [-0.2, 0) is 19.1 Å². The van der Waals surface area contributed by atoms with Crippen LogP contribution >= 0.6 is 0 Å². The third-order valence-electron chi connectivity index (χ3n) is 2.94. The number of carbonyl (C=O) groups excluding carboxylic acids is 2. The summed E-state index contributed by atoms with van der Waals surface area (Å²) in [5.74, 6) is -2.12. The van der Waals surface area contributed by atoms with Gasteiger partial charge in [-0.2, -0.15) is 0 Å². The number of ether oxygens (including phenoxy) is 1. The highest BCUT2D eigenvalue weighted by Crippen LogP contribution is 2.19. The van der Waals surface area contributed by atoms with Crippen molar-refractivity contribution < 1.29 is 24.2 Å². The first kappa shape index (κ1) is 16.4. The van der Waals surface area contributed by atoms with Crippen LogP contribution in [0.1, 0.15) is 40.0 Å². The molecule has 1 amide bonds. The second-order valence-corrected chi connectivity index (χ2v) is 5.92. The van der Waals surface area contributed by atoms with Crippen LogP contribution in [0.5, 0.6) is 0 Å². The summed E-state index contributed by atoms with van der Waals surface area (Å²) in [4.78, 5) is 36.0. The van der Waals surface area contributed by atoms with Gasteiger partial charge in [-0.3, -0.25) is 9.59 Å². The third kappa shape index (κ3) is 4.48. The van der Waals surface area contributed by atoms with Crippen molar-refractivity contribution >= 4 is 17.8 Å². The van der Waals surface area contributed by atoms with Crippen LogP contribution in [0.4, 0.5) is 0 Å². The lowest BCUT2D eigenvalue weighted by atomic mass is 10.1. The molecule has 1 heterocycles. The van der Waals surface area contributed by atoms with Gasteiger partial charge in [-0.1, -0.05) is 0 Å². The number of rotatable bonds is 4. The molecule has 7 nitrogen and oxygen atoms in total. The number of carboxylic acid groups (broad SMARTS) is 1. The molecule has 20 heavy (non-hydrogen) atoms. The summed E-state index contributed by atoms with van der Waals surface area (Å²) in [6.45, 7) is 5.52. The van der Waals surface area contributed by atoms with E-state index in [-0.39, 0.29) is 6.42 Å². The van der Waals surface area contributed by atoms with Gasteiger partial charge in [0.2, 0.25) is 5.91 Å². The zero-order chi connectivity index (χ0) is 15.5. The molecule has 2 atom stereocenters. The van der Waals surface area contributed by atoms with E-state index in [1.54, 1.807) is 20.8 Å². The summed E-state index contributed by atoms with van der Waals surface area (Å²) >= 11 is 0. The smallest absolute Gasteiger partial charge is 0.326 e. The fraction of sp³-hybridized carbons (Fsp3) is 0.769. The lowest BCUT2D eigenvalue weighted by Crippen LogP contribution is -2.49. The molecule has 0 aromatic rings. The van der Waals surface area contributed by atoms with Crippen molar-refractivity contribution in [1.29, 1.82) is 0 Å². The van der Waals surface area contributed by atoms with Gasteiger partial charge < -0.3 is 20.5 Å². The molecule has 114 valence electrons. The van der Waals surface area contributed by atoms with Gasteiger partial charge in [0.15, 0.2) is 0 Å². The molecular formula is C13H22N2O5. The van der Waals surface area contributed by atoms with Crippen LogP contribution in [0.15, 0.2) is 0 Å². The Kier molecular flexibility index (Phi) is 5.10. The molecule has 0 aliphatic carbocycles. The van der Waals surface area contributed by atoms with Gasteiger partial charge >= 0.3 is 11.9 Å². The topological polar surface area (TPSA) is 110 Å². The number of aliphatic carboxylic acids is 1. The second kappa shape index (κ2) is 6.21. The minimum Gasteiger partial charge on any atom is -0.480 e. The first-order valence-corrected chi connectivity index (χ1v) is 6.62. The van der Waals surface area contributed by atoms with Gasteiger partial charge in [-0.05, 0) is 33.6 Å². The Morgan fingerprint density at radius 2 is 2.00 bits per heavy atom. The number of hydrogen-bond donors (Lipinski definition) is 2. The summed E-state index contributed by atoms with van der Waals surface area (Å²) in [5.41, 5.74) is 5.05. The SMILES string of the molecule is CC(C)(C)OC(=O)CC(N)C(=O)N1CCCC1C(=O)O. The van der Waals surface area contributed by atoms with E-state index in [2.05, 4.69) is 0 Å². The van der Waals surface area contributed by atoms with Crippen LogP contribution in [0.2, 0.25) is 0 Å². The van der Waals surface area contributed by atoms with Gasteiger partial charge in [0.25, 0.3) is 0 Å². The highest BCUT2D eigenvalue weighted by Gasteiger charge is 2.36. The predicted molar refractivity (Wildman–Crippen MR) is 70.8 cm³/mol. The van der Waals surface area contributed by atoms with Crippen LogP contribution in [0.25, 0.3) is 0 Å². The van der Waals surface area contributed by atoms with Gasteiger partial charge in [0.1, 0.15) is 11.6 Å². The standard InChI is InChI=1S/C13H22N2O5/c1-13(2,3)20-10(16)7-8(14)11(17)15-6-4-5-9(15)12(18)19/h8-9H,4-7,14H2,1-3H3,(H,18,19). The van der Waals surface area contributed by atoms with E-state index in [0.717, 1.165) is 0 Å². The zero-order valence-corrected chi connectivity index (χ0v) is 12.1. The molecule has 0 saturated carbocycles. The third-order valence-corrected chi connectivity index (χ3v) is 2.94. The zero-order valence-electron chi connectivity index (χ0n) is 12.1. The molecule has 3 N–H and O–H groups in total. The highest BCUT2D eigenvalue weighted by molar-refractivity contribution is 5.90. The van der Waals surface area contributed by atoms with Crippen molar-refractivity contribution in [3.05, 3.63) is 0 Å². The van der Waals surface area contributed by atoms with E-state index >= 15 is 0 Å². The molecule has 0 radical (unpaired) electrons. The lowest BCUT2D eigenvalue weighted by Gasteiger charge is -2.25. The van der Waals surface area contributed by atoms with Gasteiger partial charge in [0.05, 0.1) is 12.5 Å². The van der Waals surface area contributed by atoms with Crippen molar-refractivity contribution in [1.82, 2.24) is 4.90 Å². The summed E-state index contributed by atoms with van der Waals surface area (Å²) < 4.78 is 5.09. The molecule has 1 aliphatic rings. The van der Waals surface area contributed by atoms with E-state index in [9.17, 15) is 14.4 Å². The maximum atomic E-state index is 12.1. The number of nitrogens with two attached hydrogens (primary N) is 1. The Morgan fingerprint density at radius 1 is 1.40 bits per heavy atom. The Balaban J connectivity index is 2.59. The molecule has 1 rings (SSSR count). The highest BCUT2D eigenvalue weighted by atomic mass is 16.6. The quantitative estimate of drug-likeness (QED) is 0.710. The lowest BCUT2D eigenvalue weighted by molar-refractivity contribution is -0.157. The minimum absolute atomic E-state index is 0.251. The van der Waals surface area contributed by atoms with Gasteiger partial charge in [0, 0.05) is 6.54 Å². The van der Waals surface area contributed by atoms with E-state index in [0.29, 0.717) is 19.4 Å². The second-order valence-electron chi connectivity index (χ2n) is 5.92. The first-order chi connectivity index (χ1) is 9.11. The van der Waals surface area contributed by atoms with Crippen LogP contribution in [-0.4, -0.2) is 52.1 Å². The largest absolute Gasteiger partial charge is 0.480 e. The number of esters is 1. The van der Waals surface area contributed by atoms with Crippen LogP contribution in [0, 0.1) is 0 Å². The number of nitrogens with zero attached hydrogens (tertiary/aromatic N) is 1. The number of carboxylic acids is 1. The first-order valence-electron chi connectivity index (χ1n) is 6.62. The van der Waals surface area contributed by atoms with E-state index in [1.165, 1.54) is 4.90 Å². The maximum Gasteiger partial charge on any atom is 0.326 e. The average Bonchev–Trinajstić information content (AvgIpc) is 2.73. The van der Waals surface area contributed by atoms with Gasteiger partial charge in [-0.25, -0.2) is 4.79 Å². The van der Waals surface area contributed by atoms with Crippen molar-refractivity contribution in [3.63, 3.8) is 0 Å². The molecular weight excluding hydrogens is 264 g/mol. The molecule has 1 fully saturated rings. The molecule has 1 saturated heterocycles. The molecule has 2 unspecified atom stereocenters. The van der Waals surface area contributed by atoms with Crippen molar-refractivity contribution in [2.24, 2.45) is 5.73 Å². The monoisotopic (exact) mass is 286 g/mol. The number of likely N-dealkylation sites (tertiary alicyclic amines) is 1. The maximum absolute atomic E-state index is 12.1. The molecule has 7 heteroatoms. The van der Waals surface area contributed by atoms with Crippen molar-refractivity contribution in [2.45, 2.75) is 57.7 Å². The summed E-state index contributed by atoms with van der Waals surface area (Å²) in [6, 6.07) is -1.91. The van der Waals surface area contributed by atoms with Crippen LogP contribution < -0.4 is 5.73 Å². The van der Waals surface area contributed by atoms with E-state index in [4.69, 9.17) is 15.6 Å². The minimum atomic E-state index is -1.07. The summed E-state index contributed by atoms with van der Waals surface area (Å²) in [6.07, 6.45) is 0.793. The number of amides is 1.